The molecule has 1 N–H and O–H groups in total. The molecule has 3 rings (SSSR count). The van der Waals surface area contributed by atoms with E-state index in [1.54, 1.807) is 4.90 Å². The van der Waals surface area contributed by atoms with Crippen molar-refractivity contribution >= 4 is 17.7 Å². The highest BCUT2D eigenvalue weighted by Crippen LogP contribution is 2.29. The maximum Gasteiger partial charge on any atom is 0.345 e. The Balaban J connectivity index is 1.55. The molecule has 0 spiro atoms. The van der Waals surface area contributed by atoms with Gasteiger partial charge in [-0.1, -0.05) is 0 Å². The number of carbonyl (C=O) groups is 3. The van der Waals surface area contributed by atoms with Crippen molar-refractivity contribution in [1.82, 2.24) is 20.2 Å². The molecular weight excluding hydrogens is 300 g/mol. The third-order valence-electron chi connectivity index (χ3n) is 5.15. The zero-order chi connectivity index (χ0) is 16.6. The summed E-state index contributed by atoms with van der Waals surface area (Å²) in [6, 6.07) is -0.848. The molecule has 0 aromatic rings. The van der Waals surface area contributed by atoms with E-state index in [1.807, 2.05) is 11.9 Å². The number of hydroxylamine groups is 2. The van der Waals surface area contributed by atoms with Gasteiger partial charge in [0, 0.05) is 6.54 Å². The van der Waals surface area contributed by atoms with Crippen LogP contribution < -0.4 is 5.32 Å². The molecule has 8 heteroatoms. The Kier molecular flexibility index (Phi) is 4.54. The average Bonchev–Trinajstić information content (AvgIpc) is 3.07. The van der Waals surface area contributed by atoms with Crippen LogP contribution >= 0.6 is 0 Å². The fraction of sp³-hybridized carbons (Fsp3) is 0.800. The molecule has 23 heavy (non-hydrogen) atoms. The Labute approximate surface area is 135 Å². The van der Waals surface area contributed by atoms with Crippen LogP contribution in [0.25, 0.3) is 0 Å². The van der Waals surface area contributed by atoms with Gasteiger partial charge >= 0.3 is 6.03 Å². The minimum absolute atomic E-state index is 0.0188. The summed E-state index contributed by atoms with van der Waals surface area (Å²) in [6.07, 6.45) is 3.19. The highest BCUT2D eigenvalue weighted by molar-refractivity contribution is 5.93. The second-order valence-electron chi connectivity index (χ2n) is 6.51. The summed E-state index contributed by atoms with van der Waals surface area (Å²) < 4.78 is 0. The van der Waals surface area contributed by atoms with Crippen molar-refractivity contribution in [3.8, 4) is 0 Å². The first kappa shape index (κ1) is 16.2. The molecular formula is C15H24N4O4. The standard InChI is InChI=1S/C15H24N4O4/c1-17-7-3-4-11(17)13(20)8-16-14(21)12-6-5-10-9-18(12)15(22)19(10)23-2/h10-12H,3-9H2,1-2H3,(H,16,21)/t10-,11-,12+/m1/s1. The average molecular weight is 324 g/mol. The third kappa shape index (κ3) is 2.92. The van der Waals surface area contributed by atoms with Gasteiger partial charge in [0.25, 0.3) is 0 Å². The number of likely N-dealkylation sites (tertiary alicyclic amines) is 1. The molecule has 3 aliphatic heterocycles. The second kappa shape index (κ2) is 6.45. The van der Waals surface area contributed by atoms with Gasteiger partial charge in [-0.25, -0.2) is 4.79 Å². The Morgan fingerprint density at radius 3 is 2.70 bits per heavy atom. The van der Waals surface area contributed by atoms with Crippen LogP contribution in [-0.4, -0.2) is 84.5 Å². The van der Waals surface area contributed by atoms with Gasteiger partial charge in [-0.05, 0) is 39.3 Å². The number of carbonyl (C=O) groups excluding carboxylic acids is 3. The lowest BCUT2D eigenvalue weighted by molar-refractivity contribution is -0.129. The number of nitrogens with one attached hydrogen (secondary N) is 1. The summed E-state index contributed by atoms with van der Waals surface area (Å²) in [7, 11) is 3.40. The molecule has 3 atom stereocenters. The minimum Gasteiger partial charge on any atom is -0.347 e. The van der Waals surface area contributed by atoms with Gasteiger partial charge in [-0.15, -0.1) is 0 Å². The van der Waals surface area contributed by atoms with Crippen LogP contribution in [0.3, 0.4) is 0 Å². The van der Waals surface area contributed by atoms with Crippen molar-refractivity contribution in [3.05, 3.63) is 0 Å². The SMILES string of the molecule is CON1C(=O)N2C[C@H]1CC[C@H]2C(=O)NCC(=O)[C@H]1CCCN1C. The van der Waals surface area contributed by atoms with Crippen LogP contribution in [0.15, 0.2) is 0 Å². The van der Waals surface area contributed by atoms with Crippen molar-refractivity contribution in [3.63, 3.8) is 0 Å². The maximum atomic E-state index is 12.4. The first-order valence-corrected chi connectivity index (χ1v) is 8.17. The van der Waals surface area contributed by atoms with Gasteiger partial charge in [0.05, 0.1) is 25.7 Å². The van der Waals surface area contributed by atoms with E-state index in [0.29, 0.717) is 13.0 Å². The zero-order valence-electron chi connectivity index (χ0n) is 13.7. The minimum atomic E-state index is -0.506. The van der Waals surface area contributed by atoms with Gasteiger partial charge in [0.1, 0.15) is 6.04 Å². The molecule has 3 saturated heterocycles. The molecule has 0 radical (unpaired) electrons. The molecule has 0 unspecified atom stereocenters. The Bertz CT molecular complexity index is 512. The monoisotopic (exact) mass is 324 g/mol. The maximum absolute atomic E-state index is 12.4. The molecule has 0 aliphatic carbocycles. The van der Waals surface area contributed by atoms with Crippen LogP contribution in [0.5, 0.6) is 0 Å². The first-order chi connectivity index (χ1) is 11.0. The highest BCUT2D eigenvalue weighted by atomic mass is 16.7. The predicted octanol–water partition coefficient (Wildman–Crippen LogP) is -0.404. The molecule has 3 fully saturated rings. The second-order valence-corrected chi connectivity index (χ2v) is 6.51. The molecule has 3 amide bonds. The van der Waals surface area contributed by atoms with Crippen LogP contribution in [0, 0.1) is 0 Å². The van der Waals surface area contributed by atoms with Crippen molar-refractivity contribution in [2.24, 2.45) is 0 Å². The van der Waals surface area contributed by atoms with Crippen LogP contribution in [0.4, 0.5) is 4.79 Å². The number of amides is 3. The van der Waals surface area contributed by atoms with Crippen molar-refractivity contribution in [2.75, 3.05) is 33.8 Å². The van der Waals surface area contributed by atoms with Gasteiger partial charge in [-0.2, -0.15) is 5.06 Å². The van der Waals surface area contributed by atoms with E-state index in [1.165, 1.54) is 12.2 Å². The molecule has 3 heterocycles. The molecule has 2 bridgehead atoms. The van der Waals surface area contributed by atoms with Crippen molar-refractivity contribution < 1.29 is 19.2 Å². The quantitative estimate of drug-likeness (QED) is 0.744. The van der Waals surface area contributed by atoms with Crippen molar-refractivity contribution in [1.29, 1.82) is 0 Å². The lowest BCUT2D eigenvalue weighted by atomic mass is 10.00. The fourth-order valence-corrected chi connectivity index (χ4v) is 3.86. The van der Waals surface area contributed by atoms with Gasteiger partial charge < -0.3 is 10.2 Å². The topological polar surface area (TPSA) is 82.2 Å². The number of hydrogen-bond donors (Lipinski definition) is 1. The van der Waals surface area contributed by atoms with E-state index in [4.69, 9.17) is 4.84 Å². The number of fused-ring (bicyclic) bond motifs is 2. The summed E-state index contributed by atoms with van der Waals surface area (Å²) in [5.74, 6) is -0.206. The normalized spacial score (nSPS) is 30.9. The van der Waals surface area contributed by atoms with Crippen LogP contribution in [-0.2, 0) is 14.4 Å². The molecule has 3 aliphatic rings. The van der Waals surface area contributed by atoms with Crippen LogP contribution in [0.2, 0.25) is 0 Å². The van der Waals surface area contributed by atoms with E-state index in [2.05, 4.69) is 5.32 Å². The molecule has 0 saturated carbocycles. The number of hydrogen-bond acceptors (Lipinski definition) is 5. The number of Topliss-reactive ketones (excluding diaryl/α,β-unsaturated/α-hetero) is 1. The number of likely N-dealkylation sites (N-methyl/N-ethyl adjacent to an activating group) is 1. The predicted molar refractivity (Wildman–Crippen MR) is 81.4 cm³/mol. The number of urea groups is 1. The fourth-order valence-electron chi connectivity index (χ4n) is 3.86. The summed E-state index contributed by atoms with van der Waals surface area (Å²) in [5.41, 5.74) is 0. The Hall–Kier alpha value is -1.67. The summed E-state index contributed by atoms with van der Waals surface area (Å²) in [5, 5.41) is 4.06. The van der Waals surface area contributed by atoms with E-state index in [-0.39, 0.29) is 36.3 Å². The lowest BCUT2D eigenvalue weighted by Crippen LogP contribution is -2.51. The van der Waals surface area contributed by atoms with Gasteiger partial charge in [-0.3, -0.25) is 19.3 Å². The van der Waals surface area contributed by atoms with E-state index in [0.717, 1.165) is 25.8 Å². The first-order valence-electron chi connectivity index (χ1n) is 8.17. The Morgan fingerprint density at radius 2 is 2.04 bits per heavy atom. The molecule has 8 nitrogen and oxygen atoms in total. The van der Waals surface area contributed by atoms with E-state index < -0.39 is 6.04 Å². The Morgan fingerprint density at radius 1 is 1.26 bits per heavy atom. The smallest absolute Gasteiger partial charge is 0.345 e. The number of piperidine rings is 1. The van der Waals surface area contributed by atoms with E-state index in [9.17, 15) is 14.4 Å². The number of rotatable bonds is 5. The summed E-state index contributed by atoms with van der Waals surface area (Å²) in [4.78, 5) is 45.5. The number of ketones is 1. The zero-order valence-corrected chi connectivity index (χ0v) is 13.7. The third-order valence-corrected chi connectivity index (χ3v) is 5.15. The lowest BCUT2D eigenvalue weighted by Gasteiger charge is -2.29. The number of nitrogens with zero attached hydrogens (tertiary/aromatic N) is 3. The van der Waals surface area contributed by atoms with Gasteiger partial charge in [0.2, 0.25) is 5.91 Å². The summed E-state index contributed by atoms with van der Waals surface area (Å²) in [6.45, 7) is 1.46. The van der Waals surface area contributed by atoms with E-state index >= 15 is 0 Å². The molecule has 0 aromatic carbocycles. The molecule has 0 aromatic heterocycles. The van der Waals surface area contributed by atoms with Crippen molar-refractivity contribution in [2.45, 2.75) is 43.8 Å². The summed E-state index contributed by atoms with van der Waals surface area (Å²) >= 11 is 0. The largest absolute Gasteiger partial charge is 0.347 e. The molecule has 128 valence electrons. The van der Waals surface area contributed by atoms with Gasteiger partial charge in [0.15, 0.2) is 5.78 Å². The highest BCUT2D eigenvalue weighted by Gasteiger charge is 2.47. The van der Waals surface area contributed by atoms with Crippen LogP contribution in [0.1, 0.15) is 25.7 Å².